The molecule has 0 aliphatic carbocycles. The van der Waals surface area contributed by atoms with Crippen molar-refractivity contribution in [3.05, 3.63) is 35.0 Å². The number of aryl methyl sites for hydroxylation is 1. The van der Waals surface area contributed by atoms with Gasteiger partial charge < -0.3 is 9.67 Å². The molecule has 19 heavy (non-hydrogen) atoms. The normalized spacial score (nSPS) is 11.5. The molecule has 0 unspecified atom stereocenters. The summed E-state index contributed by atoms with van der Waals surface area (Å²) in [6.07, 6.45) is 0. The quantitative estimate of drug-likeness (QED) is 0.856. The van der Waals surface area contributed by atoms with Crippen LogP contribution in [-0.4, -0.2) is 22.1 Å². The number of fused-ring (bicyclic) bond motifs is 1. The molecular weight excluding hydrogens is 238 g/mol. The van der Waals surface area contributed by atoms with E-state index in [0.29, 0.717) is 18.2 Å². The summed E-state index contributed by atoms with van der Waals surface area (Å²) in [5, 5.41) is 10.3. The van der Waals surface area contributed by atoms with E-state index >= 15 is 0 Å². The van der Waals surface area contributed by atoms with Gasteiger partial charge in [-0.25, -0.2) is 0 Å². The SMILES string of the molecule is CC(=O)c1cc2cc(C)cc(C(C)C)c2n1CCO. The lowest BCUT2D eigenvalue weighted by molar-refractivity contribution is 0.100. The first kappa shape index (κ1) is 13.8. The van der Waals surface area contributed by atoms with Gasteiger partial charge in [-0.1, -0.05) is 25.5 Å². The van der Waals surface area contributed by atoms with Crippen LogP contribution in [0, 0.1) is 6.92 Å². The van der Waals surface area contributed by atoms with Crippen LogP contribution in [0.1, 0.15) is 48.3 Å². The molecule has 0 fully saturated rings. The Morgan fingerprint density at radius 3 is 2.53 bits per heavy atom. The summed E-state index contributed by atoms with van der Waals surface area (Å²) >= 11 is 0. The van der Waals surface area contributed by atoms with Gasteiger partial charge >= 0.3 is 0 Å². The van der Waals surface area contributed by atoms with Crippen molar-refractivity contribution in [3.63, 3.8) is 0 Å². The third kappa shape index (κ3) is 2.43. The minimum Gasteiger partial charge on any atom is -0.395 e. The number of benzene rings is 1. The van der Waals surface area contributed by atoms with Gasteiger partial charge in [0.1, 0.15) is 0 Å². The number of hydrogen-bond acceptors (Lipinski definition) is 2. The van der Waals surface area contributed by atoms with Gasteiger partial charge in [0.2, 0.25) is 0 Å². The number of ketones is 1. The fraction of sp³-hybridized carbons (Fsp3) is 0.438. The first-order valence-electron chi connectivity index (χ1n) is 6.71. The molecule has 0 bridgehead atoms. The van der Waals surface area contributed by atoms with Gasteiger partial charge in [0.25, 0.3) is 0 Å². The molecule has 0 aliphatic heterocycles. The van der Waals surface area contributed by atoms with Crippen molar-refractivity contribution in [1.29, 1.82) is 0 Å². The number of aliphatic hydroxyl groups excluding tert-OH is 1. The molecule has 0 saturated carbocycles. The molecule has 1 aromatic carbocycles. The van der Waals surface area contributed by atoms with Crippen LogP contribution in [0.3, 0.4) is 0 Å². The second-order valence-corrected chi connectivity index (χ2v) is 5.41. The molecule has 2 rings (SSSR count). The van der Waals surface area contributed by atoms with E-state index in [0.717, 1.165) is 10.9 Å². The number of carbonyl (C=O) groups is 1. The van der Waals surface area contributed by atoms with Crippen molar-refractivity contribution in [1.82, 2.24) is 4.57 Å². The highest BCUT2D eigenvalue weighted by atomic mass is 16.3. The Balaban J connectivity index is 2.84. The number of nitrogens with zero attached hydrogens (tertiary/aromatic N) is 1. The largest absolute Gasteiger partial charge is 0.395 e. The first-order chi connectivity index (χ1) is 8.95. The van der Waals surface area contributed by atoms with E-state index in [2.05, 4.69) is 32.9 Å². The Kier molecular flexibility index (Phi) is 3.76. The summed E-state index contributed by atoms with van der Waals surface area (Å²) in [5.74, 6) is 0.423. The molecule has 1 aromatic heterocycles. The number of rotatable bonds is 4. The van der Waals surface area contributed by atoms with E-state index in [1.54, 1.807) is 6.92 Å². The zero-order chi connectivity index (χ0) is 14.2. The zero-order valence-electron chi connectivity index (χ0n) is 12.0. The maximum Gasteiger partial charge on any atom is 0.176 e. The van der Waals surface area contributed by atoms with Crippen LogP contribution < -0.4 is 0 Å². The molecular formula is C16H21NO2. The number of aliphatic hydroxyl groups is 1. The molecule has 0 aliphatic rings. The topological polar surface area (TPSA) is 42.2 Å². The van der Waals surface area contributed by atoms with Gasteiger partial charge in [-0.3, -0.25) is 4.79 Å². The van der Waals surface area contributed by atoms with Gasteiger partial charge in [0.05, 0.1) is 17.8 Å². The molecule has 1 N–H and O–H groups in total. The molecule has 0 atom stereocenters. The standard InChI is InChI=1S/C16H21NO2/c1-10(2)14-8-11(3)7-13-9-15(12(4)19)17(5-6-18)16(13)14/h7-10,18H,5-6H2,1-4H3. The van der Waals surface area contributed by atoms with Gasteiger partial charge in [0, 0.05) is 18.9 Å². The number of aromatic nitrogens is 1. The third-order valence-electron chi connectivity index (χ3n) is 3.47. The van der Waals surface area contributed by atoms with E-state index in [9.17, 15) is 9.90 Å². The Hall–Kier alpha value is -1.61. The predicted octanol–water partition coefficient (Wildman–Crippen LogP) is 3.27. The van der Waals surface area contributed by atoms with Gasteiger partial charge in [0.15, 0.2) is 5.78 Å². The van der Waals surface area contributed by atoms with E-state index < -0.39 is 0 Å². The van der Waals surface area contributed by atoms with Crippen molar-refractivity contribution in [3.8, 4) is 0 Å². The fourth-order valence-electron chi connectivity index (χ4n) is 2.67. The number of Topliss-reactive ketones (excluding diaryl/α,β-unsaturated/α-hetero) is 1. The summed E-state index contributed by atoms with van der Waals surface area (Å²) in [6.45, 7) is 8.44. The number of carbonyl (C=O) groups excluding carboxylic acids is 1. The molecule has 0 amide bonds. The third-order valence-corrected chi connectivity index (χ3v) is 3.47. The predicted molar refractivity (Wildman–Crippen MR) is 77.9 cm³/mol. The van der Waals surface area contributed by atoms with Crippen LogP contribution in [0.2, 0.25) is 0 Å². The zero-order valence-corrected chi connectivity index (χ0v) is 12.0. The Morgan fingerprint density at radius 2 is 2.00 bits per heavy atom. The average Bonchev–Trinajstić information content (AvgIpc) is 2.67. The van der Waals surface area contributed by atoms with Crippen LogP contribution in [0.25, 0.3) is 10.9 Å². The van der Waals surface area contributed by atoms with Crippen molar-refractivity contribution >= 4 is 16.7 Å². The van der Waals surface area contributed by atoms with Crippen molar-refractivity contribution in [2.24, 2.45) is 0 Å². The van der Waals surface area contributed by atoms with Crippen molar-refractivity contribution in [2.75, 3.05) is 6.61 Å². The maximum atomic E-state index is 11.8. The highest BCUT2D eigenvalue weighted by Crippen LogP contribution is 2.30. The highest BCUT2D eigenvalue weighted by molar-refractivity contribution is 5.99. The molecule has 102 valence electrons. The lowest BCUT2D eigenvalue weighted by atomic mass is 9.98. The second kappa shape index (κ2) is 5.17. The van der Waals surface area contributed by atoms with E-state index in [-0.39, 0.29) is 12.4 Å². The van der Waals surface area contributed by atoms with Crippen LogP contribution in [0.4, 0.5) is 0 Å². The Bertz CT molecular complexity index is 623. The Morgan fingerprint density at radius 1 is 1.32 bits per heavy atom. The minimum absolute atomic E-state index is 0.0372. The van der Waals surface area contributed by atoms with Crippen molar-refractivity contribution in [2.45, 2.75) is 40.2 Å². The lowest BCUT2D eigenvalue weighted by Gasteiger charge is -2.14. The molecule has 0 saturated heterocycles. The second-order valence-electron chi connectivity index (χ2n) is 5.41. The molecule has 2 aromatic rings. The molecule has 1 heterocycles. The van der Waals surface area contributed by atoms with Crippen molar-refractivity contribution < 1.29 is 9.90 Å². The minimum atomic E-state index is 0.0372. The van der Waals surface area contributed by atoms with Gasteiger partial charge in [-0.05, 0) is 30.5 Å². The molecule has 3 nitrogen and oxygen atoms in total. The lowest BCUT2D eigenvalue weighted by Crippen LogP contribution is -2.10. The monoisotopic (exact) mass is 259 g/mol. The number of hydrogen-bond donors (Lipinski definition) is 1. The van der Waals surface area contributed by atoms with Gasteiger partial charge in [-0.15, -0.1) is 0 Å². The fourth-order valence-corrected chi connectivity index (χ4v) is 2.67. The van der Waals surface area contributed by atoms with Gasteiger partial charge in [-0.2, -0.15) is 0 Å². The molecule has 3 heteroatoms. The van der Waals surface area contributed by atoms with E-state index in [4.69, 9.17) is 0 Å². The summed E-state index contributed by atoms with van der Waals surface area (Å²) in [6, 6.07) is 6.21. The Labute approximate surface area is 113 Å². The highest BCUT2D eigenvalue weighted by Gasteiger charge is 2.16. The van der Waals surface area contributed by atoms with Crippen LogP contribution >= 0.6 is 0 Å². The summed E-state index contributed by atoms with van der Waals surface area (Å²) in [7, 11) is 0. The maximum absolute atomic E-state index is 11.8. The smallest absolute Gasteiger partial charge is 0.176 e. The average molecular weight is 259 g/mol. The summed E-state index contributed by atoms with van der Waals surface area (Å²) < 4.78 is 1.95. The van der Waals surface area contributed by atoms with Crippen LogP contribution in [0.15, 0.2) is 18.2 Å². The first-order valence-corrected chi connectivity index (χ1v) is 6.71. The van der Waals surface area contributed by atoms with Crippen LogP contribution in [0.5, 0.6) is 0 Å². The van der Waals surface area contributed by atoms with E-state index in [1.165, 1.54) is 11.1 Å². The summed E-state index contributed by atoms with van der Waals surface area (Å²) in [4.78, 5) is 11.8. The molecule has 0 radical (unpaired) electrons. The van der Waals surface area contributed by atoms with E-state index in [1.807, 2.05) is 10.6 Å². The summed E-state index contributed by atoms with van der Waals surface area (Å²) in [5.41, 5.74) is 4.19. The van der Waals surface area contributed by atoms with Crippen LogP contribution in [-0.2, 0) is 6.54 Å². The molecule has 0 spiro atoms.